The highest BCUT2D eigenvalue weighted by molar-refractivity contribution is 5.87. The second kappa shape index (κ2) is 4.03. The van der Waals surface area contributed by atoms with Crippen LogP contribution in [0.3, 0.4) is 0 Å². The van der Waals surface area contributed by atoms with E-state index in [0.29, 0.717) is 0 Å². The number of amides is 2. The lowest BCUT2D eigenvalue weighted by Crippen LogP contribution is -2.54. The highest BCUT2D eigenvalue weighted by Crippen LogP contribution is 1.93. The number of nitrogens with zero attached hydrogens (tertiary/aromatic N) is 1. The molecule has 2 atom stereocenters. The summed E-state index contributed by atoms with van der Waals surface area (Å²) in [6.45, 7) is 2.92. The predicted octanol–water partition coefficient (Wildman–Crippen LogP) is -2.09. The minimum absolute atomic E-state index is 0.513. The van der Waals surface area contributed by atoms with E-state index < -0.39 is 23.9 Å². The molecular weight excluding hydrogens is 160 g/mol. The Kier molecular flexibility index (Phi) is 3.65. The summed E-state index contributed by atoms with van der Waals surface area (Å²) in [5.74, 6) is 4.09. The lowest BCUT2D eigenvalue weighted by Gasteiger charge is -2.22. The summed E-state index contributed by atoms with van der Waals surface area (Å²) in [6, 6.07) is -1.56. The van der Waals surface area contributed by atoms with E-state index in [-0.39, 0.29) is 0 Å². The largest absolute Gasteiger partial charge is 0.368 e. The number of hydrazine groups is 1. The normalized spacial score (nSPS) is 15.0. The quantitative estimate of drug-likeness (QED) is 0.258. The van der Waals surface area contributed by atoms with Crippen LogP contribution in [-0.4, -0.2) is 28.9 Å². The number of rotatable bonds is 3. The van der Waals surface area contributed by atoms with E-state index in [1.807, 2.05) is 0 Å². The molecule has 0 unspecified atom stereocenters. The maximum Gasteiger partial charge on any atom is 0.253 e. The van der Waals surface area contributed by atoms with Crippen molar-refractivity contribution in [1.29, 1.82) is 0 Å². The van der Waals surface area contributed by atoms with Crippen molar-refractivity contribution in [3.05, 3.63) is 0 Å². The van der Waals surface area contributed by atoms with Gasteiger partial charge in [-0.2, -0.15) is 0 Å². The van der Waals surface area contributed by atoms with Crippen LogP contribution in [0.5, 0.6) is 0 Å². The number of hydrogen-bond donors (Lipinski definition) is 3. The van der Waals surface area contributed by atoms with Crippen LogP contribution in [0.25, 0.3) is 0 Å². The summed E-state index contributed by atoms with van der Waals surface area (Å²) in [5, 5.41) is 0.743. The molecule has 0 spiro atoms. The Morgan fingerprint density at radius 3 is 2.00 bits per heavy atom. The molecule has 0 aliphatic rings. The maximum absolute atomic E-state index is 11.1. The van der Waals surface area contributed by atoms with Crippen LogP contribution in [0.4, 0.5) is 0 Å². The van der Waals surface area contributed by atoms with Crippen molar-refractivity contribution < 1.29 is 9.59 Å². The zero-order chi connectivity index (χ0) is 9.89. The van der Waals surface area contributed by atoms with E-state index >= 15 is 0 Å². The summed E-state index contributed by atoms with van der Waals surface area (Å²) in [6.07, 6.45) is 0. The van der Waals surface area contributed by atoms with Crippen molar-refractivity contribution in [1.82, 2.24) is 5.01 Å². The van der Waals surface area contributed by atoms with E-state index in [2.05, 4.69) is 0 Å². The molecule has 0 aromatic rings. The van der Waals surface area contributed by atoms with Crippen LogP contribution in [-0.2, 0) is 9.59 Å². The van der Waals surface area contributed by atoms with E-state index in [1.54, 1.807) is 0 Å². The van der Waals surface area contributed by atoms with Gasteiger partial charge in [0, 0.05) is 0 Å². The summed E-state index contributed by atoms with van der Waals surface area (Å²) in [7, 11) is 0. The van der Waals surface area contributed by atoms with Gasteiger partial charge in [0.15, 0.2) is 0 Å². The second-order valence-electron chi connectivity index (χ2n) is 2.61. The highest BCUT2D eigenvalue weighted by atomic mass is 16.2. The highest BCUT2D eigenvalue weighted by Gasteiger charge is 2.22. The molecule has 0 radical (unpaired) electrons. The van der Waals surface area contributed by atoms with Crippen LogP contribution in [0.1, 0.15) is 13.8 Å². The van der Waals surface area contributed by atoms with Gasteiger partial charge in [0.05, 0.1) is 6.04 Å². The monoisotopic (exact) mass is 174 g/mol. The van der Waals surface area contributed by atoms with Gasteiger partial charge in [0.1, 0.15) is 6.04 Å². The first-order chi connectivity index (χ1) is 5.37. The van der Waals surface area contributed by atoms with Crippen LogP contribution in [0, 0.1) is 0 Å². The first-order valence-corrected chi connectivity index (χ1v) is 3.50. The SMILES string of the molecule is C[C@H](N)C(=O)N(N)[C@@H](C)C(N)=O. The Morgan fingerprint density at radius 2 is 1.75 bits per heavy atom. The summed E-state index contributed by atoms with van der Waals surface area (Å²) < 4.78 is 0. The Bertz CT molecular complexity index is 192. The molecule has 12 heavy (non-hydrogen) atoms. The minimum atomic E-state index is -0.830. The molecule has 6 nitrogen and oxygen atoms in total. The van der Waals surface area contributed by atoms with E-state index in [0.717, 1.165) is 5.01 Å². The average Bonchev–Trinajstić information content (AvgIpc) is 2.00. The number of hydrogen-bond acceptors (Lipinski definition) is 4. The van der Waals surface area contributed by atoms with Gasteiger partial charge in [-0.25, -0.2) is 5.84 Å². The Hall–Kier alpha value is -1.14. The number of carbonyl (C=O) groups is 2. The fourth-order valence-corrected chi connectivity index (χ4v) is 0.563. The fraction of sp³-hybridized carbons (Fsp3) is 0.667. The lowest BCUT2D eigenvalue weighted by atomic mass is 10.2. The minimum Gasteiger partial charge on any atom is -0.368 e. The van der Waals surface area contributed by atoms with Gasteiger partial charge in [0.2, 0.25) is 5.91 Å². The Morgan fingerprint density at radius 1 is 1.33 bits per heavy atom. The van der Waals surface area contributed by atoms with Gasteiger partial charge in [-0.1, -0.05) is 0 Å². The first kappa shape index (κ1) is 10.9. The van der Waals surface area contributed by atoms with Gasteiger partial charge < -0.3 is 11.5 Å². The van der Waals surface area contributed by atoms with Crippen molar-refractivity contribution in [2.45, 2.75) is 25.9 Å². The molecule has 6 heteroatoms. The summed E-state index contributed by atoms with van der Waals surface area (Å²) in [4.78, 5) is 21.6. The predicted molar refractivity (Wildman–Crippen MR) is 43.3 cm³/mol. The molecule has 0 aliphatic carbocycles. The molecule has 2 amide bonds. The van der Waals surface area contributed by atoms with Crippen molar-refractivity contribution in [3.8, 4) is 0 Å². The van der Waals surface area contributed by atoms with Crippen LogP contribution in [0.2, 0.25) is 0 Å². The van der Waals surface area contributed by atoms with Crippen LogP contribution < -0.4 is 17.3 Å². The smallest absolute Gasteiger partial charge is 0.253 e. The molecule has 70 valence electrons. The molecule has 0 rings (SSSR count). The zero-order valence-corrected chi connectivity index (χ0v) is 7.15. The van der Waals surface area contributed by atoms with Gasteiger partial charge in [-0.05, 0) is 13.8 Å². The molecule has 0 saturated heterocycles. The van der Waals surface area contributed by atoms with Crippen LogP contribution in [0.15, 0.2) is 0 Å². The molecule has 6 N–H and O–H groups in total. The molecule has 0 bridgehead atoms. The third kappa shape index (κ3) is 2.48. The van der Waals surface area contributed by atoms with Gasteiger partial charge in [0.25, 0.3) is 5.91 Å². The Balaban J connectivity index is 4.29. The van der Waals surface area contributed by atoms with Crippen molar-refractivity contribution >= 4 is 11.8 Å². The number of carbonyl (C=O) groups excluding carboxylic acids is 2. The number of nitrogens with two attached hydrogens (primary N) is 3. The molecular formula is C6H14N4O2. The third-order valence-corrected chi connectivity index (χ3v) is 1.47. The van der Waals surface area contributed by atoms with Gasteiger partial charge in [-0.15, -0.1) is 0 Å². The summed E-state index contributed by atoms with van der Waals surface area (Å²) in [5.41, 5.74) is 10.2. The van der Waals surface area contributed by atoms with Crippen molar-refractivity contribution in [2.75, 3.05) is 0 Å². The van der Waals surface area contributed by atoms with Gasteiger partial charge >= 0.3 is 0 Å². The number of primary amides is 1. The molecule has 0 fully saturated rings. The zero-order valence-electron chi connectivity index (χ0n) is 7.15. The maximum atomic E-state index is 11.1. The lowest BCUT2D eigenvalue weighted by molar-refractivity contribution is -0.139. The third-order valence-electron chi connectivity index (χ3n) is 1.47. The molecule has 0 aromatic heterocycles. The Labute approximate surface area is 70.6 Å². The van der Waals surface area contributed by atoms with Crippen molar-refractivity contribution in [2.24, 2.45) is 17.3 Å². The van der Waals surface area contributed by atoms with Crippen LogP contribution >= 0.6 is 0 Å². The molecule has 0 aliphatic heterocycles. The van der Waals surface area contributed by atoms with E-state index in [1.165, 1.54) is 13.8 Å². The topological polar surface area (TPSA) is 115 Å². The summed E-state index contributed by atoms with van der Waals surface area (Å²) >= 11 is 0. The molecule has 0 saturated carbocycles. The van der Waals surface area contributed by atoms with E-state index in [9.17, 15) is 9.59 Å². The average molecular weight is 174 g/mol. The second-order valence-corrected chi connectivity index (χ2v) is 2.61. The standard InChI is InChI=1S/C6H14N4O2/c1-3(7)6(12)10(9)4(2)5(8)11/h3-4H,7,9H2,1-2H3,(H2,8,11)/t3-,4-/m0/s1. The van der Waals surface area contributed by atoms with Crippen molar-refractivity contribution in [3.63, 3.8) is 0 Å². The van der Waals surface area contributed by atoms with E-state index in [4.69, 9.17) is 17.3 Å². The first-order valence-electron chi connectivity index (χ1n) is 3.50. The molecule has 0 aromatic carbocycles. The molecule has 0 heterocycles. The van der Waals surface area contributed by atoms with Gasteiger partial charge in [-0.3, -0.25) is 14.6 Å². The fourth-order valence-electron chi connectivity index (χ4n) is 0.563.